The molecule has 0 unspecified atom stereocenters. The van der Waals surface area contributed by atoms with Gasteiger partial charge in [-0.25, -0.2) is 9.97 Å². The summed E-state index contributed by atoms with van der Waals surface area (Å²) in [5.74, 6) is 1.27. The van der Waals surface area contributed by atoms with Crippen LogP contribution in [0.2, 0.25) is 0 Å². The van der Waals surface area contributed by atoms with Gasteiger partial charge in [-0.2, -0.15) is 0 Å². The van der Waals surface area contributed by atoms with Crippen LogP contribution in [0.3, 0.4) is 0 Å². The number of benzene rings is 1. The number of carbonyl (C=O) groups excluding carboxylic acids is 1. The molecular formula is C27H33N5O3. The zero-order chi connectivity index (χ0) is 24.4. The fourth-order valence-electron chi connectivity index (χ4n) is 5.28. The quantitative estimate of drug-likeness (QED) is 0.483. The number of ether oxygens (including phenoxy) is 1. The first-order chi connectivity index (χ1) is 16.9. The van der Waals surface area contributed by atoms with Gasteiger partial charge in [0.1, 0.15) is 5.82 Å². The number of amides is 1. The molecule has 0 bridgehead atoms. The molecule has 184 valence electrons. The van der Waals surface area contributed by atoms with Gasteiger partial charge in [-0.05, 0) is 56.2 Å². The minimum atomic E-state index is -0.825. The zero-order valence-corrected chi connectivity index (χ0v) is 20.3. The molecule has 1 saturated carbocycles. The lowest BCUT2D eigenvalue weighted by Gasteiger charge is -2.48. The first-order valence-electron chi connectivity index (χ1n) is 12.3. The van der Waals surface area contributed by atoms with E-state index >= 15 is 0 Å². The van der Waals surface area contributed by atoms with Crippen molar-refractivity contribution in [3.63, 3.8) is 0 Å². The summed E-state index contributed by atoms with van der Waals surface area (Å²) in [6.45, 7) is 3.95. The molecule has 1 saturated heterocycles. The van der Waals surface area contributed by atoms with Crippen LogP contribution < -0.4 is 15.4 Å². The van der Waals surface area contributed by atoms with Gasteiger partial charge in [0.05, 0.1) is 25.3 Å². The van der Waals surface area contributed by atoms with Crippen molar-refractivity contribution in [3.05, 3.63) is 59.9 Å². The second-order valence-corrected chi connectivity index (χ2v) is 9.81. The highest BCUT2D eigenvalue weighted by Gasteiger charge is 2.40. The van der Waals surface area contributed by atoms with Crippen LogP contribution in [0, 0.1) is 6.92 Å². The maximum atomic E-state index is 12.5. The van der Waals surface area contributed by atoms with Gasteiger partial charge >= 0.3 is 0 Å². The van der Waals surface area contributed by atoms with E-state index in [1.54, 1.807) is 25.6 Å². The zero-order valence-electron chi connectivity index (χ0n) is 20.3. The number of nitrogens with one attached hydrogen (secondary N) is 2. The van der Waals surface area contributed by atoms with Crippen LogP contribution >= 0.6 is 0 Å². The predicted octanol–water partition coefficient (Wildman–Crippen LogP) is 2.99. The van der Waals surface area contributed by atoms with Crippen molar-refractivity contribution in [1.82, 2.24) is 20.2 Å². The van der Waals surface area contributed by atoms with Gasteiger partial charge in [0.15, 0.2) is 0 Å². The first-order valence-corrected chi connectivity index (χ1v) is 12.3. The van der Waals surface area contributed by atoms with Gasteiger partial charge in [0.25, 0.3) is 0 Å². The Bertz CT molecular complexity index is 1190. The number of hydrogen-bond donors (Lipinski definition) is 3. The second-order valence-electron chi connectivity index (χ2n) is 9.81. The topological polar surface area (TPSA) is 99.6 Å². The predicted molar refractivity (Wildman–Crippen MR) is 135 cm³/mol. The molecule has 3 N–H and O–H groups in total. The van der Waals surface area contributed by atoms with E-state index in [0.29, 0.717) is 24.8 Å². The molecule has 2 aromatic heterocycles. The number of aliphatic hydroxyl groups is 1. The summed E-state index contributed by atoms with van der Waals surface area (Å²) in [6.07, 6.45) is 6.75. The summed E-state index contributed by atoms with van der Waals surface area (Å²) >= 11 is 0. The summed E-state index contributed by atoms with van der Waals surface area (Å²) < 4.78 is 5.12. The molecule has 1 aliphatic heterocycles. The molecule has 2 fully saturated rings. The highest BCUT2D eigenvalue weighted by molar-refractivity contribution is 5.93. The van der Waals surface area contributed by atoms with Crippen molar-refractivity contribution in [3.8, 4) is 5.88 Å². The van der Waals surface area contributed by atoms with E-state index in [2.05, 4.69) is 50.6 Å². The Morgan fingerprint density at radius 2 is 1.97 bits per heavy atom. The number of fused-ring (bicyclic) bond motifs is 1. The Balaban J connectivity index is 1.07. The lowest BCUT2D eigenvalue weighted by atomic mass is 9.77. The number of likely N-dealkylation sites (tertiary alicyclic amines) is 1. The van der Waals surface area contributed by atoms with E-state index in [1.807, 2.05) is 12.1 Å². The third-order valence-corrected chi connectivity index (χ3v) is 7.39. The third-order valence-electron chi connectivity index (χ3n) is 7.39. The number of carbonyl (C=O) groups is 1. The van der Waals surface area contributed by atoms with E-state index in [4.69, 9.17) is 4.74 Å². The van der Waals surface area contributed by atoms with Crippen LogP contribution in [-0.2, 0) is 10.4 Å². The van der Waals surface area contributed by atoms with Crippen molar-refractivity contribution in [1.29, 1.82) is 0 Å². The average Bonchev–Trinajstić information content (AvgIpc) is 2.85. The molecule has 1 amide bonds. The molecular weight excluding hydrogens is 442 g/mol. The lowest BCUT2D eigenvalue weighted by Crippen LogP contribution is -2.63. The van der Waals surface area contributed by atoms with Crippen molar-refractivity contribution in [2.45, 2.75) is 50.3 Å². The highest BCUT2D eigenvalue weighted by Crippen LogP contribution is 2.39. The summed E-state index contributed by atoms with van der Waals surface area (Å²) in [6, 6.07) is 12.5. The number of pyridine rings is 2. The largest absolute Gasteiger partial charge is 0.481 e. The summed E-state index contributed by atoms with van der Waals surface area (Å²) in [5.41, 5.74) is 1.19. The molecule has 0 spiro atoms. The normalized spacial score (nSPS) is 23.0. The standard InChI is InChI=1S/C27H33N5O3/c1-18-3-4-19-9-12-28-26(23(19)13-18)30-15-24(33)31-21-16-32(17-21)22-7-10-27(34,11-8-22)20-5-6-25(35-2)29-14-20/h3-6,9,12-14,21-22,34H,7-8,10-11,15-17H2,1-2H3,(H,28,30)(H,31,33). The van der Waals surface area contributed by atoms with Crippen LogP contribution in [-0.4, -0.2) is 64.7 Å². The monoisotopic (exact) mass is 475 g/mol. The number of anilines is 1. The number of nitrogens with zero attached hydrogens (tertiary/aromatic N) is 3. The van der Waals surface area contributed by atoms with Crippen LogP contribution in [0.5, 0.6) is 5.88 Å². The van der Waals surface area contributed by atoms with Crippen molar-refractivity contribution in [2.75, 3.05) is 32.1 Å². The Morgan fingerprint density at radius 1 is 1.17 bits per heavy atom. The molecule has 1 aromatic carbocycles. The van der Waals surface area contributed by atoms with E-state index in [-0.39, 0.29) is 18.5 Å². The van der Waals surface area contributed by atoms with Gasteiger partial charge in [-0.1, -0.05) is 17.7 Å². The van der Waals surface area contributed by atoms with Crippen LogP contribution in [0.4, 0.5) is 5.82 Å². The van der Waals surface area contributed by atoms with Gasteiger partial charge in [-0.3, -0.25) is 9.69 Å². The maximum absolute atomic E-state index is 12.5. The number of methoxy groups -OCH3 is 1. The number of aryl methyl sites for hydroxylation is 1. The maximum Gasteiger partial charge on any atom is 0.239 e. The molecule has 5 rings (SSSR count). The van der Waals surface area contributed by atoms with Crippen molar-refractivity contribution in [2.24, 2.45) is 0 Å². The van der Waals surface area contributed by atoms with Crippen LogP contribution in [0.15, 0.2) is 48.8 Å². The minimum absolute atomic E-state index is 0.0221. The molecule has 8 heteroatoms. The average molecular weight is 476 g/mol. The van der Waals surface area contributed by atoms with Gasteiger partial charge in [-0.15, -0.1) is 0 Å². The van der Waals surface area contributed by atoms with Crippen LogP contribution in [0.1, 0.15) is 36.8 Å². The Morgan fingerprint density at radius 3 is 2.69 bits per heavy atom. The molecule has 0 radical (unpaired) electrons. The molecule has 2 aliphatic rings. The Kier molecular flexibility index (Phi) is 6.58. The molecule has 0 atom stereocenters. The third kappa shape index (κ3) is 5.09. The number of hydrogen-bond acceptors (Lipinski definition) is 7. The smallest absolute Gasteiger partial charge is 0.239 e. The van der Waals surface area contributed by atoms with Gasteiger partial charge < -0.3 is 20.5 Å². The fourth-order valence-corrected chi connectivity index (χ4v) is 5.28. The van der Waals surface area contributed by atoms with E-state index in [9.17, 15) is 9.90 Å². The number of aromatic nitrogens is 2. The molecule has 1 aliphatic carbocycles. The van der Waals surface area contributed by atoms with Gasteiger partial charge in [0.2, 0.25) is 11.8 Å². The second kappa shape index (κ2) is 9.79. The van der Waals surface area contributed by atoms with Crippen molar-refractivity contribution < 1.29 is 14.6 Å². The van der Waals surface area contributed by atoms with E-state index in [1.165, 1.54) is 0 Å². The van der Waals surface area contributed by atoms with E-state index < -0.39 is 5.60 Å². The summed E-state index contributed by atoms with van der Waals surface area (Å²) in [4.78, 5) is 23.6. The molecule has 8 nitrogen and oxygen atoms in total. The molecule has 35 heavy (non-hydrogen) atoms. The lowest BCUT2D eigenvalue weighted by molar-refractivity contribution is -0.121. The fraction of sp³-hybridized carbons (Fsp3) is 0.444. The summed E-state index contributed by atoms with van der Waals surface area (Å²) in [5, 5.41) is 19.6. The highest BCUT2D eigenvalue weighted by atomic mass is 16.5. The van der Waals surface area contributed by atoms with E-state index in [0.717, 1.165) is 53.6 Å². The van der Waals surface area contributed by atoms with Crippen LogP contribution in [0.25, 0.3) is 10.8 Å². The Hall–Kier alpha value is -3.23. The number of rotatable bonds is 7. The SMILES string of the molecule is COc1ccc(C2(O)CCC(N3CC(NC(=O)CNc4nccc5ccc(C)cc45)C3)CC2)cn1. The minimum Gasteiger partial charge on any atom is -0.481 e. The molecule has 3 aromatic rings. The molecule has 3 heterocycles. The van der Waals surface area contributed by atoms with Gasteiger partial charge in [0, 0.05) is 48.5 Å². The Labute approximate surface area is 205 Å². The summed E-state index contributed by atoms with van der Waals surface area (Å²) in [7, 11) is 1.59. The first kappa shape index (κ1) is 23.5. The van der Waals surface area contributed by atoms with Crippen molar-refractivity contribution >= 4 is 22.5 Å².